The Bertz CT molecular complexity index is 324. The van der Waals surface area contributed by atoms with Crippen LogP contribution in [0.15, 0.2) is 16.7 Å². The molecule has 4 nitrogen and oxygen atoms in total. The van der Waals surface area contributed by atoms with Gasteiger partial charge in [-0.25, -0.2) is 0 Å². The Labute approximate surface area is 83.4 Å². The molecule has 0 aromatic carbocycles. The highest BCUT2D eigenvalue weighted by Crippen LogP contribution is 2.16. The van der Waals surface area contributed by atoms with Crippen molar-refractivity contribution in [1.29, 1.82) is 0 Å². The molecule has 1 N–H and O–H groups in total. The summed E-state index contributed by atoms with van der Waals surface area (Å²) in [5.41, 5.74) is 0. The molecule has 1 unspecified atom stereocenters. The minimum atomic E-state index is 0.140. The molecule has 0 fully saturated rings. The van der Waals surface area contributed by atoms with E-state index in [0.717, 1.165) is 12.8 Å². The summed E-state index contributed by atoms with van der Waals surface area (Å²) in [7, 11) is 0. The molecule has 0 bridgehead atoms. The summed E-state index contributed by atoms with van der Waals surface area (Å²) in [6.07, 6.45) is 6.59. The van der Waals surface area contributed by atoms with E-state index >= 15 is 0 Å². The van der Waals surface area contributed by atoms with E-state index in [1.165, 1.54) is 0 Å². The molecule has 1 aliphatic carbocycles. The Morgan fingerprint density at radius 3 is 2.79 bits per heavy atom. The summed E-state index contributed by atoms with van der Waals surface area (Å²) >= 11 is 0. The summed E-state index contributed by atoms with van der Waals surface area (Å²) in [6, 6.07) is 0.665. The lowest BCUT2D eigenvalue weighted by Gasteiger charge is -2.15. The summed E-state index contributed by atoms with van der Waals surface area (Å²) < 4.78 is 5.09. The van der Waals surface area contributed by atoms with E-state index in [-0.39, 0.29) is 6.04 Å². The molecule has 1 aromatic rings. The second kappa shape index (κ2) is 3.92. The maximum atomic E-state index is 5.09. The van der Waals surface area contributed by atoms with Gasteiger partial charge in [-0.15, -0.1) is 0 Å². The second-order valence-electron chi connectivity index (χ2n) is 3.71. The number of rotatable bonds is 3. The standard InChI is InChI=1S/C10H15N3O/c1-7(10-12-8(2)13-14-10)11-9-5-3-4-6-9/h3-4,7,9,11H,5-6H2,1-2H3. The number of nitrogens with one attached hydrogen (secondary N) is 1. The zero-order valence-electron chi connectivity index (χ0n) is 8.53. The van der Waals surface area contributed by atoms with Crippen LogP contribution in [0.3, 0.4) is 0 Å². The van der Waals surface area contributed by atoms with Crippen LogP contribution in [0.5, 0.6) is 0 Å². The Hall–Kier alpha value is -1.16. The minimum Gasteiger partial charge on any atom is -0.338 e. The van der Waals surface area contributed by atoms with Crippen LogP contribution in [-0.2, 0) is 0 Å². The molecule has 2 rings (SSSR count). The zero-order valence-corrected chi connectivity index (χ0v) is 8.53. The summed E-state index contributed by atoms with van der Waals surface area (Å²) in [6.45, 7) is 3.88. The van der Waals surface area contributed by atoms with Crippen molar-refractivity contribution in [3.8, 4) is 0 Å². The van der Waals surface area contributed by atoms with Gasteiger partial charge in [0.25, 0.3) is 0 Å². The number of nitrogens with zero attached hydrogens (tertiary/aromatic N) is 2. The summed E-state index contributed by atoms with van der Waals surface area (Å²) in [4.78, 5) is 4.19. The normalized spacial score (nSPS) is 19.0. The molecule has 4 heteroatoms. The van der Waals surface area contributed by atoms with E-state index < -0.39 is 0 Å². The predicted molar refractivity (Wildman–Crippen MR) is 52.7 cm³/mol. The molecule has 0 saturated carbocycles. The van der Waals surface area contributed by atoms with Crippen molar-refractivity contribution in [3.05, 3.63) is 23.9 Å². The summed E-state index contributed by atoms with van der Waals surface area (Å²) in [5, 5.41) is 7.22. The van der Waals surface area contributed by atoms with Crippen LogP contribution >= 0.6 is 0 Å². The van der Waals surface area contributed by atoms with Gasteiger partial charge >= 0.3 is 0 Å². The van der Waals surface area contributed by atoms with Gasteiger partial charge in [0.1, 0.15) is 0 Å². The van der Waals surface area contributed by atoms with Gasteiger partial charge in [-0.1, -0.05) is 17.3 Å². The molecule has 1 heterocycles. The number of hydrogen-bond donors (Lipinski definition) is 1. The van der Waals surface area contributed by atoms with E-state index in [1.807, 2.05) is 13.8 Å². The van der Waals surface area contributed by atoms with Gasteiger partial charge in [-0.3, -0.25) is 0 Å². The fraction of sp³-hybridized carbons (Fsp3) is 0.600. The number of hydrogen-bond acceptors (Lipinski definition) is 4. The van der Waals surface area contributed by atoms with E-state index in [0.29, 0.717) is 17.8 Å². The van der Waals surface area contributed by atoms with E-state index in [9.17, 15) is 0 Å². The lowest BCUT2D eigenvalue weighted by atomic mass is 10.2. The fourth-order valence-corrected chi connectivity index (χ4v) is 1.67. The molecule has 14 heavy (non-hydrogen) atoms. The van der Waals surface area contributed by atoms with Crippen molar-refractivity contribution in [2.45, 2.75) is 38.8 Å². The van der Waals surface area contributed by atoms with Crippen molar-refractivity contribution in [2.24, 2.45) is 0 Å². The monoisotopic (exact) mass is 193 g/mol. The highest BCUT2D eigenvalue weighted by Gasteiger charge is 2.17. The van der Waals surface area contributed by atoms with E-state index in [2.05, 4.69) is 27.6 Å². The van der Waals surface area contributed by atoms with E-state index in [1.54, 1.807) is 0 Å². The Morgan fingerprint density at radius 1 is 1.50 bits per heavy atom. The molecule has 0 aliphatic heterocycles. The maximum absolute atomic E-state index is 5.09. The first-order valence-corrected chi connectivity index (χ1v) is 4.97. The maximum Gasteiger partial charge on any atom is 0.243 e. The second-order valence-corrected chi connectivity index (χ2v) is 3.71. The molecule has 1 aliphatic rings. The molecule has 0 amide bonds. The van der Waals surface area contributed by atoms with Gasteiger partial charge in [0, 0.05) is 6.04 Å². The topological polar surface area (TPSA) is 51.0 Å². The molecule has 1 atom stereocenters. The molecule has 1 aromatic heterocycles. The van der Waals surface area contributed by atoms with Crippen molar-refractivity contribution in [3.63, 3.8) is 0 Å². The average molecular weight is 193 g/mol. The fourth-order valence-electron chi connectivity index (χ4n) is 1.67. The van der Waals surface area contributed by atoms with Crippen molar-refractivity contribution in [2.75, 3.05) is 0 Å². The lowest BCUT2D eigenvalue weighted by molar-refractivity contribution is 0.323. The first-order chi connectivity index (χ1) is 6.75. The van der Waals surface area contributed by atoms with Crippen molar-refractivity contribution in [1.82, 2.24) is 15.5 Å². The molecular weight excluding hydrogens is 178 g/mol. The third-order valence-electron chi connectivity index (χ3n) is 2.41. The van der Waals surface area contributed by atoms with Gasteiger partial charge in [-0.05, 0) is 26.7 Å². The molecule has 0 saturated heterocycles. The van der Waals surface area contributed by atoms with Crippen molar-refractivity contribution < 1.29 is 4.52 Å². The van der Waals surface area contributed by atoms with Gasteiger partial charge in [0.05, 0.1) is 6.04 Å². The van der Waals surface area contributed by atoms with Crippen LogP contribution in [0.2, 0.25) is 0 Å². The van der Waals surface area contributed by atoms with Crippen LogP contribution in [0, 0.1) is 6.92 Å². The largest absolute Gasteiger partial charge is 0.338 e. The zero-order chi connectivity index (χ0) is 9.97. The summed E-state index contributed by atoms with van der Waals surface area (Å²) in [5.74, 6) is 1.37. The highest BCUT2D eigenvalue weighted by atomic mass is 16.5. The van der Waals surface area contributed by atoms with E-state index in [4.69, 9.17) is 4.52 Å². The third-order valence-corrected chi connectivity index (χ3v) is 2.41. The average Bonchev–Trinajstić information content (AvgIpc) is 2.75. The Kier molecular flexibility index (Phi) is 2.63. The third kappa shape index (κ3) is 2.01. The first-order valence-electron chi connectivity index (χ1n) is 4.97. The highest BCUT2D eigenvalue weighted by molar-refractivity contribution is 5.00. The first kappa shape index (κ1) is 9.40. The Balaban J connectivity index is 1.92. The smallest absolute Gasteiger partial charge is 0.243 e. The van der Waals surface area contributed by atoms with Crippen LogP contribution in [-0.4, -0.2) is 16.2 Å². The van der Waals surface area contributed by atoms with Crippen molar-refractivity contribution >= 4 is 0 Å². The minimum absolute atomic E-state index is 0.140. The predicted octanol–water partition coefficient (Wildman–Crippen LogP) is 1.75. The van der Waals surface area contributed by atoms with Crippen LogP contribution < -0.4 is 5.32 Å². The van der Waals surface area contributed by atoms with Gasteiger partial charge in [-0.2, -0.15) is 4.98 Å². The SMILES string of the molecule is Cc1noc(C(C)NC2CC=CC2)n1. The van der Waals surface area contributed by atoms with Crippen LogP contribution in [0.25, 0.3) is 0 Å². The number of aromatic nitrogens is 2. The van der Waals surface area contributed by atoms with Gasteiger partial charge < -0.3 is 9.84 Å². The van der Waals surface area contributed by atoms with Crippen LogP contribution in [0.4, 0.5) is 0 Å². The van der Waals surface area contributed by atoms with Gasteiger partial charge in [0.15, 0.2) is 5.82 Å². The van der Waals surface area contributed by atoms with Gasteiger partial charge in [0.2, 0.25) is 5.89 Å². The molecular formula is C10H15N3O. The van der Waals surface area contributed by atoms with Crippen LogP contribution in [0.1, 0.15) is 37.5 Å². The molecule has 0 spiro atoms. The molecule has 0 radical (unpaired) electrons. The Morgan fingerprint density at radius 2 is 2.21 bits per heavy atom. The molecule has 76 valence electrons. The lowest BCUT2D eigenvalue weighted by Crippen LogP contribution is -2.29. The number of aryl methyl sites for hydroxylation is 1. The quantitative estimate of drug-likeness (QED) is 0.743.